The molecule has 39 heavy (non-hydrogen) atoms. The Labute approximate surface area is 230 Å². The predicted octanol–water partition coefficient (Wildman–Crippen LogP) is 5.64. The molecule has 3 heterocycles. The van der Waals surface area contributed by atoms with Crippen LogP contribution in [0.25, 0.3) is 0 Å². The molecular weight excluding hydrogens is 498 g/mol. The van der Waals surface area contributed by atoms with Crippen molar-refractivity contribution < 1.29 is 23.6 Å². The van der Waals surface area contributed by atoms with Gasteiger partial charge in [0, 0.05) is 25.6 Å². The molecule has 0 radical (unpaired) electrons. The number of hydroxylamine groups is 2. The van der Waals surface area contributed by atoms with Crippen molar-refractivity contribution in [2.24, 2.45) is 0 Å². The van der Waals surface area contributed by atoms with Crippen LogP contribution in [0.3, 0.4) is 0 Å². The van der Waals surface area contributed by atoms with Gasteiger partial charge in [0.05, 0.1) is 6.04 Å². The molecule has 3 aliphatic rings. The minimum absolute atomic E-state index is 0.0264. The minimum atomic E-state index is -0.528. The second-order valence-electron chi connectivity index (χ2n) is 11.9. The number of fused-ring (bicyclic) bond motifs is 2. The summed E-state index contributed by atoms with van der Waals surface area (Å²) in [5.74, 6) is 1.00. The van der Waals surface area contributed by atoms with Crippen molar-refractivity contribution in [2.45, 2.75) is 109 Å². The standard InChI is InChI=1S/C29H41N5O5/c1-29(2,3)39-28(36)32(22-13-8-5-9-14-22)18-10-15-25-30-31-26(38-25)24-17-16-23-19-33(24)27(35)34(23)37-20-21-11-6-4-7-12-21/h4,6-7,11-12,22-24H,5,8-10,13-20H2,1-3H3/t23-,24+/m1/s1. The molecule has 1 aliphatic carbocycles. The molecule has 2 saturated heterocycles. The number of piperidine rings is 1. The first-order valence-electron chi connectivity index (χ1n) is 14.4. The van der Waals surface area contributed by atoms with Gasteiger partial charge in [-0.25, -0.2) is 9.59 Å². The minimum Gasteiger partial charge on any atom is -0.444 e. The molecule has 0 N–H and O–H groups in total. The Morgan fingerprint density at radius 1 is 1.08 bits per heavy atom. The van der Waals surface area contributed by atoms with Gasteiger partial charge in [-0.1, -0.05) is 49.6 Å². The van der Waals surface area contributed by atoms with E-state index in [4.69, 9.17) is 14.0 Å². The van der Waals surface area contributed by atoms with Crippen LogP contribution >= 0.6 is 0 Å². The maximum atomic E-state index is 13.1. The number of aromatic nitrogens is 2. The summed E-state index contributed by atoms with van der Waals surface area (Å²) >= 11 is 0. The fourth-order valence-corrected chi connectivity index (χ4v) is 5.81. The highest BCUT2D eigenvalue weighted by Crippen LogP contribution is 2.38. The van der Waals surface area contributed by atoms with E-state index in [0.29, 0.717) is 44.3 Å². The zero-order valence-corrected chi connectivity index (χ0v) is 23.4. The third kappa shape index (κ3) is 6.72. The molecule has 1 aromatic heterocycles. The van der Waals surface area contributed by atoms with Crippen LogP contribution in [-0.4, -0.2) is 68.0 Å². The lowest BCUT2D eigenvalue weighted by Crippen LogP contribution is -2.44. The van der Waals surface area contributed by atoms with E-state index in [1.165, 1.54) is 11.5 Å². The number of carbonyl (C=O) groups excluding carboxylic acids is 2. The van der Waals surface area contributed by atoms with E-state index in [9.17, 15) is 9.59 Å². The Hall–Kier alpha value is -3.14. The van der Waals surface area contributed by atoms with Crippen molar-refractivity contribution in [3.8, 4) is 0 Å². The summed E-state index contributed by atoms with van der Waals surface area (Å²) in [7, 11) is 0. The van der Waals surface area contributed by atoms with Gasteiger partial charge in [0.15, 0.2) is 0 Å². The molecule has 10 heteroatoms. The second kappa shape index (κ2) is 11.9. The van der Waals surface area contributed by atoms with Crippen molar-refractivity contribution in [3.63, 3.8) is 0 Å². The van der Waals surface area contributed by atoms with Gasteiger partial charge >= 0.3 is 12.1 Å². The summed E-state index contributed by atoms with van der Waals surface area (Å²) in [5.41, 5.74) is 0.494. The summed E-state index contributed by atoms with van der Waals surface area (Å²) in [4.78, 5) is 35.7. The smallest absolute Gasteiger partial charge is 0.410 e. The number of nitrogens with zero attached hydrogens (tertiary/aromatic N) is 5. The molecule has 1 aromatic carbocycles. The average Bonchev–Trinajstić information content (AvgIpc) is 3.48. The van der Waals surface area contributed by atoms with Gasteiger partial charge < -0.3 is 19.0 Å². The molecule has 2 aliphatic heterocycles. The lowest BCUT2D eigenvalue weighted by atomic mass is 9.94. The van der Waals surface area contributed by atoms with Gasteiger partial charge in [0.1, 0.15) is 18.2 Å². The fourth-order valence-electron chi connectivity index (χ4n) is 5.81. The zero-order chi connectivity index (χ0) is 27.4. The average molecular weight is 540 g/mol. The first kappa shape index (κ1) is 27.4. The number of ether oxygens (including phenoxy) is 1. The van der Waals surface area contributed by atoms with Gasteiger partial charge in [-0.05, 0) is 58.4 Å². The predicted molar refractivity (Wildman–Crippen MR) is 143 cm³/mol. The number of carbonyl (C=O) groups is 2. The second-order valence-corrected chi connectivity index (χ2v) is 11.9. The third-order valence-electron chi connectivity index (χ3n) is 7.74. The molecule has 212 valence electrons. The molecule has 1 saturated carbocycles. The molecule has 2 bridgehead atoms. The molecule has 2 aromatic rings. The summed E-state index contributed by atoms with van der Waals surface area (Å²) in [6, 6.07) is 9.69. The zero-order valence-electron chi connectivity index (χ0n) is 23.4. The van der Waals surface area contributed by atoms with Crippen LogP contribution in [0.1, 0.15) is 95.5 Å². The number of aryl methyl sites for hydroxylation is 1. The van der Waals surface area contributed by atoms with Crippen molar-refractivity contribution in [1.82, 2.24) is 25.1 Å². The summed E-state index contributed by atoms with van der Waals surface area (Å²) in [5, 5.41) is 10.1. The Morgan fingerprint density at radius 2 is 1.85 bits per heavy atom. The normalized spacial score (nSPS) is 21.9. The first-order valence-corrected chi connectivity index (χ1v) is 14.4. The van der Waals surface area contributed by atoms with Gasteiger partial charge in [-0.2, -0.15) is 5.06 Å². The molecular formula is C29H41N5O5. The highest BCUT2D eigenvalue weighted by molar-refractivity contribution is 5.77. The largest absolute Gasteiger partial charge is 0.444 e. The Bertz CT molecular complexity index is 1110. The van der Waals surface area contributed by atoms with E-state index in [0.717, 1.165) is 44.1 Å². The number of amides is 3. The van der Waals surface area contributed by atoms with Crippen LogP contribution in [0, 0.1) is 0 Å². The lowest BCUT2D eigenvalue weighted by Gasteiger charge is -2.35. The number of hydrogen-bond donors (Lipinski definition) is 0. The van der Waals surface area contributed by atoms with Gasteiger partial charge in [0.2, 0.25) is 11.8 Å². The van der Waals surface area contributed by atoms with E-state index in [1.54, 1.807) is 4.90 Å². The number of rotatable bonds is 9. The van der Waals surface area contributed by atoms with Crippen molar-refractivity contribution >= 4 is 12.1 Å². The van der Waals surface area contributed by atoms with Crippen LogP contribution in [0.15, 0.2) is 34.7 Å². The van der Waals surface area contributed by atoms with E-state index in [1.807, 2.05) is 56.0 Å². The Morgan fingerprint density at radius 3 is 2.59 bits per heavy atom. The van der Waals surface area contributed by atoms with E-state index >= 15 is 0 Å². The summed E-state index contributed by atoms with van der Waals surface area (Å²) in [6.45, 7) is 7.22. The first-order chi connectivity index (χ1) is 18.8. The maximum absolute atomic E-state index is 13.1. The van der Waals surface area contributed by atoms with E-state index < -0.39 is 5.60 Å². The molecule has 0 spiro atoms. The lowest BCUT2D eigenvalue weighted by molar-refractivity contribution is -0.140. The Kier molecular flexibility index (Phi) is 8.40. The Balaban J connectivity index is 1.16. The quantitative estimate of drug-likeness (QED) is 0.406. The van der Waals surface area contributed by atoms with Gasteiger partial charge in [-0.3, -0.25) is 4.84 Å². The van der Waals surface area contributed by atoms with Crippen LogP contribution < -0.4 is 0 Å². The fraction of sp³-hybridized carbons (Fsp3) is 0.655. The van der Waals surface area contributed by atoms with Crippen LogP contribution in [0.5, 0.6) is 0 Å². The molecule has 2 atom stereocenters. The SMILES string of the molecule is CC(C)(C)OC(=O)N(CCCc1nnc([C@@H]2CC[C@@H]3CN2C(=O)N3OCc2ccccc2)o1)C1CCCCC1. The van der Waals surface area contributed by atoms with E-state index in [-0.39, 0.29) is 30.2 Å². The molecule has 3 amide bonds. The topological polar surface area (TPSA) is 101 Å². The van der Waals surface area contributed by atoms with Crippen LogP contribution in [0.4, 0.5) is 9.59 Å². The summed E-state index contributed by atoms with van der Waals surface area (Å²) in [6.07, 6.45) is 8.12. The highest BCUT2D eigenvalue weighted by Gasteiger charge is 2.47. The van der Waals surface area contributed by atoms with Gasteiger partial charge in [0.25, 0.3) is 0 Å². The molecule has 0 unspecified atom stereocenters. The van der Waals surface area contributed by atoms with Crippen LogP contribution in [0.2, 0.25) is 0 Å². The van der Waals surface area contributed by atoms with Crippen molar-refractivity contribution in [2.75, 3.05) is 13.1 Å². The van der Waals surface area contributed by atoms with Crippen molar-refractivity contribution in [1.29, 1.82) is 0 Å². The van der Waals surface area contributed by atoms with Crippen molar-refractivity contribution in [3.05, 3.63) is 47.7 Å². The highest BCUT2D eigenvalue weighted by atomic mass is 16.7. The van der Waals surface area contributed by atoms with E-state index in [2.05, 4.69) is 10.2 Å². The summed E-state index contributed by atoms with van der Waals surface area (Å²) < 4.78 is 11.8. The number of urea groups is 1. The van der Waals surface area contributed by atoms with Crippen LogP contribution in [-0.2, 0) is 22.6 Å². The molecule has 10 nitrogen and oxygen atoms in total. The monoisotopic (exact) mass is 539 g/mol. The molecule has 3 fully saturated rings. The maximum Gasteiger partial charge on any atom is 0.410 e. The molecule has 5 rings (SSSR count). The van der Waals surface area contributed by atoms with Gasteiger partial charge in [-0.15, -0.1) is 10.2 Å². The number of benzene rings is 1. The number of hydrogen-bond acceptors (Lipinski definition) is 7. The third-order valence-corrected chi connectivity index (χ3v) is 7.74.